The van der Waals surface area contributed by atoms with Gasteiger partial charge < -0.3 is 9.47 Å². The van der Waals surface area contributed by atoms with E-state index in [0.29, 0.717) is 23.7 Å². The summed E-state index contributed by atoms with van der Waals surface area (Å²) >= 11 is 1.13. The molecular formula is C24H27N5O3S2. The number of hydrogen-bond acceptors (Lipinski definition) is 6. The molecule has 0 saturated heterocycles. The largest absolute Gasteiger partial charge is 0.309 e. The number of imidazole rings is 1. The average Bonchev–Trinajstić information content (AvgIpc) is 3.49. The third-order valence-corrected chi connectivity index (χ3v) is 8.33. The summed E-state index contributed by atoms with van der Waals surface area (Å²) < 4.78 is 29.8. The predicted octanol–water partition coefficient (Wildman–Crippen LogP) is 4.49. The summed E-state index contributed by atoms with van der Waals surface area (Å²) in [5, 5.41) is 4.61. The first-order chi connectivity index (χ1) is 16.4. The number of carbonyl (C=O) groups is 1. The fourth-order valence-electron chi connectivity index (χ4n) is 3.70. The molecule has 178 valence electrons. The number of nitrogens with one attached hydrogen (secondary N) is 2. The van der Waals surface area contributed by atoms with Crippen LogP contribution in [0.1, 0.15) is 24.2 Å². The first-order valence-electron chi connectivity index (χ1n) is 11.1. The zero-order valence-corrected chi connectivity index (χ0v) is 20.7. The van der Waals surface area contributed by atoms with Gasteiger partial charge in [-0.25, -0.2) is 13.4 Å². The molecule has 1 amide bonds. The van der Waals surface area contributed by atoms with E-state index < -0.39 is 10.0 Å². The van der Waals surface area contributed by atoms with Gasteiger partial charge in [-0.1, -0.05) is 38.1 Å². The van der Waals surface area contributed by atoms with Crippen molar-refractivity contribution in [3.05, 3.63) is 71.6 Å². The van der Waals surface area contributed by atoms with Crippen LogP contribution in [0, 0.1) is 0 Å². The van der Waals surface area contributed by atoms with E-state index in [-0.39, 0.29) is 10.1 Å². The molecule has 0 spiro atoms. The van der Waals surface area contributed by atoms with Gasteiger partial charge >= 0.3 is 0 Å². The summed E-state index contributed by atoms with van der Waals surface area (Å²) in [6.45, 7) is 7.64. The Kier molecular flexibility index (Phi) is 7.30. The lowest BCUT2D eigenvalue weighted by Gasteiger charge is -2.19. The fraction of sp³-hybridized carbons (Fsp3) is 0.250. The molecule has 4 aromatic rings. The Morgan fingerprint density at radius 1 is 1.06 bits per heavy atom. The monoisotopic (exact) mass is 497 g/mol. The van der Waals surface area contributed by atoms with Crippen LogP contribution in [0.3, 0.4) is 0 Å². The molecule has 0 radical (unpaired) electrons. The van der Waals surface area contributed by atoms with Gasteiger partial charge in [-0.05, 0) is 54.9 Å². The first-order valence-corrected chi connectivity index (χ1v) is 13.4. The zero-order valence-electron chi connectivity index (χ0n) is 19.1. The van der Waals surface area contributed by atoms with Crippen molar-refractivity contribution in [2.75, 3.05) is 29.7 Å². The van der Waals surface area contributed by atoms with Gasteiger partial charge in [0.15, 0.2) is 0 Å². The minimum atomic E-state index is -3.70. The number of likely N-dealkylation sites (N-methyl/N-ethyl adjacent to an activating group) is 1. The number of sulfonamides is 1. The fourth-order valence-corrected chi connectivity index (χ4v) is 5.74. The molecule has 10 heteroatoms. The van der Waals surface area contributed by atoms with Crippen molar-refractivity contribution in [3.8, 4) is 0 Å². The van der Waals surface area contributed by atoms with Crippen LogP contribution in [0.15, 0.2) is 70.3 Å². The van der Waals surface area contributed by atoms with E-state index in [1.54, 1.807) is 29.6 Å². The number of thiophene rings is 1. The van der Waals surface area contributed by atoms with Gasteiger partial charge in [0.25, 0.3) is 15.9 Å². The van der Waals surface area contributed by atoms with Crippen molar-refractivity contribution in [1.29, 1.82) is 0 Å². The molecule has 0 aliphatic rings. The number of para-hydroxylation sites is 2. The minimum Gasteiger partial charge on any atom is -0.309 e. The standard InChI is InChI=1S/C24H27N5O3S2/c1-3-28(4-2)14-15-29-21-12-6-5-11-20(21)25-24(29)26-23(30)18-9-7-10-19(17-18)27-34(31,32)22-13-8-16-33-22/h5-13,16-17,27H,3-4,14-15H2,1-2H3,(H,25,26,30). The molecule has 0 bridgehead atoms. The van der Waals surface area contributed by atoms with Gasteiger partial charge in [0, 0.05) is 24.3 Å². The lowest BCUT2D eigenvalue weighted by molar-refractivity contribution is 0.102. The molecule has 2 N–H and O–H groups in total. The molecule has 0 fully saturated rings. The highest BCUT2D eigenvalue weighted by Crippen LogP contribution is 2.23. The van der Waals surface area contributed by atoms with Crippen LogP contribution in [-0.4, -0.2) is 48.4 Å². The highest BCUT2D eigenvalue weighted by atomic mass is 32.2. The number of nitrogens with zero attached hydrogens (tertiary/aromatic N) is 3. The Bertz CT molecular complexity index is 1380. The molecule has 8 nitrogen and oxygen atoms in total. The zero-order chi connectivity index (χ0) is 24.1. The topological polar surface area (TPSA) is 96.3 Å². The summed E-state index contributed by atoms with van der Waals surface area (Å²) in [6.07, 6.45) is 0. The number of anilines is 2. The molecule has 0 aliphatic heterocycles. The maximum Gasteiger partial charge on any atom is 0.271 e. The van der Waals surface area contributed by atoms with E-state index in [0.717, 1.165) is 42.0 Å². The number of hydrogen-bond donors (Lipinski definition) is 2. The maximum absolute atomic E-state index is 13.1. The van der Waals surface area contributed by atoms with Crippen molar-refractivity contribution in [2.24, 2.45) is 0 Å². The highest BCUT2D eigenvalue weighted by Gasteiger charge is 2.18. The first kappa shape index (κ1) is 23.9. The average molecular weight is 498 g/mol. The second kappa shape index (κ2) is 10.4. The van der Waals surface area contributed by atoms with Crippen LogP contribution in [-0.2, 0) is 16.6 Å². The molecule has 4 rings (SSSR count). The summed E-state index contributed by atoms with van der Waals surface area (Å²) in [4.78, 5) is 20.0. The SMILES string of the molecule is CCN(CC)CCn1c(NC(=O)c2cccc(NS(=O)(=O)c3cccs3)c2)nc2ccccc21. The van der Waals surface area contributed by atoms with Crippen LogP contribution in [0.25, 0.3) is 11.0 Å². The lowest BCUT2D eigenvalue weighted by atomic mass is 10.2. The van der Waals surface area contributed by atoms with Crippen LogP contribution in [0.4, 0.5) is 11.6 Å². The van der Waals surface area contributed by atoms with E-state index in [4.69, 9.17) is 0 Å². The molecule has 2 aromatic heterocycles. The number of amides is 1. The Hall–Kier alpha value is -3.21. The Morgan fingerprint density at radius 3 is 2.59 bits per heavy atom. The molecule has 0 unspecified atom stereocenters. The third-order valence-electron chi connectivity index (χ3n) is 5.55. The molecule has 0 atom stereocenters. The van der Waals surface area contributed by atoms with Gasteiger partial charge in [-0.3, -0.25) is 14.8 Å². The smallest absolute Gasteiger partial charge is 0.271 e. The normalized spacial score (nSPS) is 11.7. The third kappa shape index (κ3) is 5.30. The van der Waals surface area contributed by atoms with Crippen molar-refractivity contribution >= 4 is 49.9 Å². The summed E-state index contributed by atoms with van der Waals surface area (Å²) in [7, 11) is -3.70. The van der Waals surface area contributed by atoms with Crippen LogP contribution in [0.5, 0.6) is 0 Å². The Morgan fingerprint density at radius 2 is 1.85 bits per heavy atom. The van der Waals surface area contributed by atoms with Gasteiger partial charge in [0.2, 0.25) is 5.95 Å². The van der Waals surface area contributed by atoms with Crippen molar-refractivity contribution in [1.82, 2.24) is 14.5 Å². The van der Waals surface area contributed by atoms with Crippen LogP contribution >= 0.6 is 11.3 Å². The molecule has 2 aromatic carbocycles. The number of benzene rings is 2. The van der Waals surface area contributed by atoms with Gasteiger partial charge in [-0.2, -0.15) is 0 Å². The lowest BCUT2D eigenvalue weighted by Crippen LogP contribution is -2.27. The van der Waals surface area contributed by atoms with Crippen LogP contribution < -0.4 is 10.0 Å². The molecule has 34 heavy (non-hydrogen) atoms. The molecule has 0 aliphatic carbocycles. The van der Waals surface area contributed by atoms with E-state index in [2.05, 4.69) is 33.8 Å². The number of rotatable bonds is 10. The van der Waals surface area contributed by atoms with Crippen molar-refractivity contribution < 1.29 is 13.2 Å². The second-order valence-corrected chi connectivity index (χ2v) is 10.5. The van der Waals surface area contributed by atoms with E-state index in [1.807, 2.05) is 28.8 Å². The highest BCUT2D eigenvalue weighted by molar-refractivity contribution is 7.94. The molecular weight excluding hydrogens is 470 g/mol. The number of fused-ring (bicyclic) bond motifs is 1. The number of aromatic nitrogens is 2. The Balaban J connectivity index is 1.56. The van der Waals surface area contributed by atoms with Gasteiger partial charge in [0.05, 0.1) is 11.0 Å². The van der Waals surface area contributed by atoms with E-state index in [9.17, 15) is 13.2 Å². The number of carbonyl (C=O) groups excluding carboxylic acids is 1. The van der Waals surface area contributed by atoms with E-state index in [1.165, 1.54) is 12.1 Å². The van der Waals surface area contributed by atoms with Gasteiger partial charge in [0.1, 0.15) is 4.21 Å². The minimum absolute atomic E-state index is 0.212. The van der Waals surface area contributed by atoms with Crippen LogP contribution in [0.2, 0.25) is 0 Å². The quantitative estimate of drug-likeness (QED) is 0.336. The summed E-state index contributed by atoms with van der Waals surface area (Å²) in [5.74, 6) is 0.0968. The predicted molar refractivity (Wildman–Crippen MR) is 137 cm³/mol. The Labute approximate surface area is 203 Å². The molecule has 0 saturated carbocycles. The molecule has 2 heterocycles. The second-order valence-electron chi connectivity index (χ2n) is 7.68. The summed E-state index contributed by atoms with van der Waals surface area (Å²) in [5.41, 5.74) is 2.39. The van der Waals surface area contributed by atoms with Crippen molar-refractivity contribution in [2.45, 2.75) is 24.6 Å². The maximum atomic E-state index is 13.1. The van der Waals surface area contributed by atoms with Gasteiger partial charge in [-0.15, -0.1) is 11.3 Å². The van der Waals surface area contributed by atoms with Crippen molar-refractivity contribution in [3.63, 3.8) is 0 Å². The van der Waals surface area contributed by atoms with E-state index >= 15 is 0 Å². The summed E-state index contributed by atoms with van der Waals surface area (Å²) in [6, 6.07) is 17.4.